The summed E-state index contributed by atoms with van der Waals surface area (Å²) in [5.74, 6) is 1.93. The predicted molar refractivity (Wildman–Crippen MR) is 129 cm³/mol. The minimum absolute atomic E-state index is 0.0482. The minimum Gasteiger partial charge on any atom is -0.493 e. The average molecular weight is 479 g/mol. The Kier molecular flexibility index (Phi) is 7.04. The molecule has 1 aromatic heterocycles. The van der Waals surface area contributed by atoms with E-state index < -0.39 is 0 Å². The molecule has 0 aliphatic carbocycles. The van der Waals surface area contributed by atoms with Crippen LogP contribution in [0.25, 0.3) is 12.2 Å². The van der Waals surface area contributed by atoms with E-state index in [9.17, 15) is 10.1 Å². The van der Waals surface area contributed by atoms with Crippen molar-refractivity contribution in [2.45, 2.75) is 0 Å². The number of piperazine rings is 1. The quantitative estimate of drug-likeness (QED) is 0.520. The molecule has 0 atom stereocenters. The molecule has 2 heterocycles. The zero-order valence-corrected chi connectivity index (χ0v) is 19.6. The van der Waals surface area contributed by atoms with Crippen molar-refractivity contribution in [1.82, 2.24) is 9.88 Å². The maximum Gasteiger partial charge on any atom is 0.253 e. The minimum atomic E-state index is -0.0482. The van der Waals surface area contributed by atoms with Gasteiger partial charge in [-0.3, -0.25) is 4.79 Å². The molecule has 1 aliphatic heterocycles. The molecule has 2 aromatic carbocycles. The highest BCUT2D eigenvalue weighted by Crippen LogP contribution is 2.29. The van der Waals surface area contributed by atoms with Crippen molar-refractivity contribution in [2.75, 3.05) is 45.3 Å². The molecular weight excluding hydrogens is 456 g/mol. The van der Waals surface area contributed by atoms with Crippen molar-refractivity contribution in [2.24, 2.45) is 0 Å². The highest BCUT2D eigenvalue weighted by molar-refractivity contribution is 6.30. The number of oxazole rings is 1. The second-order valence-corrected chi connectivity index (χ2v) is 7.99. The Morgan fingerprint density at radius 3 is 2.41 bits per heavy atom. The van der Waals surface area contributed by atoms with Crippen LogP contribution in [0.15, 0.2) is 46.9 Å². The normalized spacial score (nSPS) is 13.7. The first-order chi connectivity index (χ1) is 16.5. The van der Waals surface area contributed by atoms with E-state index in [1.807, 2.05) is 29.2 Å². The highest BCUT2D eigenvalue weighted by atomic mass is 35.5. The molecular formula is C25H23ClN4O4. The second-order valence-electron chi connectivity index (χ2n) is 7.55. The van der Waals surface area contributed by atoms with E-state index in [4.69, 9.17) is 25.5 Å². The summed E-state index contributed by atoms with van der Waals surface area (Å²) in [5.41, 5.74) is 1.67. The third kappa shape index (κ3) is 5.00. The van der Waals surface area contributed by atoms with E-state index in [0.717, 1.165) is 5.56 Å². The molecule has 0 N–H and O–H groups in total. The summed E-state index contributed by atoms with van der Waals surface area (Å²) in [7, 11) is 3.16. The number of carbonyl (C=O) groups is 1. The van der Waals surface area contributed by atoms with E-state index in [1.54, 1.807) is 49.5 Å². The molecule has 0 saturated carbocycles. The van der Waals surface area contributed by atoms with Crippen LogP contribution in [0.2, 0.25) is 5.02 Å². The maximum absolute atomic E-state index is 12.7. The number of carbonyl (C=O) groups excluding carboxylic acids is 1. The first kappa shape index (κ1) is 23.2. The molecule has 1 fully saturated rings. The molecule has 34 heavy (non-hydrogen) atoms. The van der Waals surface area contributed by atoms with Crippen LogP contribution in [-0.2, 0) is 0 Å². The van der Waals surface area contributed by atoms with Gasteiger partial charge in [0.15, 0.2) is 11.5 Å². The summed E-state index contributed by atoms with van der Waals surface area (Å²) in [6, 6.07) is 14.5. The monoisotopic (exact) mass is 478 g/mol. The Labute approximate surface area is 202 Å². The number of aromatic nitrogens is 1. The van der Waals surface area contributed by atoms with Gasteiger partial charge in [0.2, 0.25) is 17.5 Å². The van der Waals surface area contributed by atoms with Gasteiger partial charge in [0.1, 0.15) is 6.07 Å². The number of benzene rings is 2. The lowest BCUT2D eigenvalue weighted by Crippen LogP contribution is -2.48. The van der Waals surface area contributed by atoms with Crippen molar-refractivity contribution < 1.29 is 18.7 Å². The van der Waals surface area contributed by atoms with Gasteiger partial charge in [0.25, 0.3) is 5.91 Å². The molecule has 8 nitrogen and oxygen atoms in total. The first-order valence-corrected chi connectivity index (χ1v) is 11.0. The van der Waals surface area contributed by atoms with Gasteiger partial charge < -0.3 is 23.7 Å². The number of rotatable bonds is 6. The Morgan fingerprint density at radius 1 is 1.06 bits per heavy atom. The lowest BCUT2D eigenvalue weighted by molar-refractivity contribution is 0.0745. The first-order valence-electron chi connectivity index (χ1n) is 10.6. The summed E-state index contributed by atoms with van der Waals surface area (Å²) in [4.78, 5) is 20.8. The third-order valence-corrected chi connectivity index (χ3v) is 5.75. The van der Waals surface area contributed by atoms with Crippen LogP contribution in [-0.4, -0.2) is 56.2 Å². The largest absolute Gasteiger partial charge is 0.493 e. The van der Waals surface area contributed by atoms with Gasteiger partial charge in [-0.25, -0.2) is 0 Å². The molecule has 4 rings (SSSR count). The van der Waals surface area contributed by atoms with Crippen LogP contribution in [0.4, 0.5) is 5.88 Å². The predicted octanol–water partition coefficient (Wildman–Crippen LogP) is 4.35. The lowest BCUT2D eigenvalue weighted by atomic mass is 10.2. The highest BCUT2D eigenvalue weighted by Gasteiger charge is 2.26. The molecule has 1 aliphatic rings. The summed E-state index contributed by atoms with van der Waals surface area (Å²) in [6.07, 6.45) is 3.52. The summed E-state index contributed by atoms with van der Waals surface area (Å²) >= 11 is 5.91. The number of amides is 1. The zero-order valence-electron chi connectivity index (χ0n) is 18.8. The molecule has 0 bridgehead atoms. The Bertz CT molecular complexity index is 1240. The SMILES string of the molecule is COc1ccc(/C=C/c2nc(C#N)c(N3CCN(C(=O)c4ccc(Cl)cc4)CC3)o2)cc1OC. The van der Waals surface area contributed by atoms with Crippen molar-refractivity contribution in [1.29, 1.82) is 5.26 Å². The Morgan fingerprint density at radius 2 is 1.76 bits per heavy atom. The number of hydrogen-bond acceptors (Lipinski definition) is 7. The summed E-state index contributed by atoms with van der Waals surface area (Å²) in [6.45, 7) is 2.07. The van der Waals surface area contributed by atoms with Crippen LogP contribution >= 0.6 is 11.6 Å². The van der Waals surface area contributed by atoms with Crippen LogP contribution in [0.3, 0.4) is 0 Å². The van der Waals surface area contributed by atoms with Gasteiger partial charge in [-0.2, -0.15) is 10.2 Å². The van der Waals surface area contributed by atoms with Crippen LogP contribution < -0.4 is 14.4 Å². The van der Waals surface area contributed by atoms with Gasteiger partial charge in [-0.15, -0.1) is 0 Å². The third-order valence-electron chi connectivity index (χ3n) is 5.50. The molecule has 174 valence electrons. The molecule has 1 saturated heterocycles. The molecule has 0 unspecified atom stereocenters. The number of halogens is 1. The number of nitrogens with zero attached hydrogens (tertiary/aromatic N) is 4. The smallest absolute Gasteiger partial charge is 0.253 e. The zero-order chi connectivity index (χ0) is 24.1. The van der Waals surface area contributed by atoms with Crippen molar-refractivity contribution >= 4 is 35.5 Å². The topological polar surface area (TPSA) is 91.8 Å². The maximum atomic E-state index is 12.7. The van der Waals surface area contributed by atoms with Gasteiger partial charge >= 0.3 is 0 Å². The lowest BCUT2D eigenvalue weighted by Gasteiger charge is -2.34. The summed E-state index contributed by atoms with van der Waals surface area (Å²) in [5, 5.41) is 10.1. The Hall–Kier alpha value is -3.96. The molecule has 9 heteroatoms. The second kappa shape index (κ2) is 10.3. The van der Waals surface area contributed by atoms with Gasteiger partial charge in [0, 0.05) is 42.8 Å². The molecule has 3 aromatic rings. The van der Waals surface area contributed by atoms with E-state index in [1.165, 1.54) is 0 Å². The number of nitriles is 1. The fraction of sp³-hybridized carbons (Fsp3) is 0.240. The van der Waals surface area contributed by atoms with Crippen LogP contribution in [0, 0.1) is 11.3 Å². The van der Waals surface area contributed by atoms with Crippen LogP contribution in [0.1, 0.15) is 27.5 Å². The Balaban J connectivity index is 1.44. The van der Waals surface area contributed by atoms with Crippen LogP contribution in [0.5, 0.6) is 11.5 Å². The summed E-state index contributed by atoms with van der Waals surface area (Å²) < 4.78 is 16.5. The number of ether oxygens (including phenoxy) is 2. The standard InChI is InChI=1S/C25H23ClN4O4/c1-32-21-9-3-17(15-22(21)33-2)4-10-23-28-20(16-27)25(34-23)30-13-11-29(12-14-30)24(31)18-5-7-19(26)8-6-18/h3-10,15H,11-14H2,1-2H3/b10-4+. The van der Waals surface area contributed by atoms with Crippen molar-refractivity contribution in [3.63, 3.8) is 0 Å². The molecule has 0 spiro atoms. The molecule has 1 amide bonds. The number of hydrogen-bond donors (Lipinski definition) is 0. The van der Waals surface area contributed by atoms with Gasteiger partial charge in [-0.1, -0.05) is 17.7 Å². The number of methoxy groups -OCH3 is 2. The van der Waals surface area contributed by atoms with Crippen molar-refractivity contribution in [3.05, 3.63) is 70.2 Å². The average Bonchev–Trinajstić information content (AvgIpc) is 3.30. The van der Waals surface area contributed by atoms with Gasteiger partial charge in [-0.05, 0) is 48.0 Å². The fourth-order valence-corrected chi connectivity index (χ4v) is 3.82. The van der Waals surface area contributed by atoms with E-state index >= 15 is 0 Å². The van der Waals surface area contributed by atoms with E-state index in [-0.39, 0.29) is 11.6 Å². The van der Waals surface area contributed by atoms with Crippen molar-refractivity contribution in [3.8, 4) is 17.6 Å². The van der Waals surface area contributed by atoms with E-state index in [0.29, 0.717) is 60.0 Å². The molecule has 0 radical (unpaired) electrons. The fourth-order valence-electron chi connectivity index (χ4n) is 3.70. The van der Waals surface area contributed by atoms with E-state index in [2.05, 4.69) is 11.1 Å². The van der Waals surface area contributed by atoms with Gasteiger partial charge in [0.05, 0.1) is 14.2 Å². The number of anilines is 1.